The zero-order valence-corrected chi connectivity index (χ0v) is 47.1. The van der Waals surface area contributed by atoms with Gasteiger partial charge in [-0.3, -0.25) is 28.8 Å². The summed E-state index contributed by atoms with van der Waals surface area (Å²) < 4.78 is 25.1. The molecule has 0 spiro atoms. The van der Waals surface area contributed by atoms with Crippen LogP contribution < -0.4 is 62.3 Å². The van der Waals surface area contributed by atoms with E-state index in [1.165, 1.54) is 60.7 Å². The van der Waals surface area contributed by atoms with E-state index < -0.39 is 147 Å². The van der Waals surface area contributed by atoms with Gasteiger partial charge in [0.25, 0.3) is 0 Å². The molecule has 9 atom stereocenters. The highest BCUT2D eigenvalue weighted by Gasteiger charge is 2.43. The standard InChI is InChI=1S/C60H50Cl2N8O19/c61-32-14-23-5-8-37(32)88-40-17-26-18-41(53(40)86-11-10-63)89-38-9-6-24(15-33(38)62)52(77)50-59(83)68-48(60(84)85)31-20-28(72)21-36(75)43(31)42-30(2-1-3-35(42)74)47(57(81)70-50)67-56(80)46(26)65-55(79)45-25-12-27(71)19-29(13-25)87-39-16-22(4-7-34(39)73)44(64)54(78)69-49(51(23)76)58(82)66-45/h1-9,12-21,44-52,71-77H,10-11,63-64H2,(H,65,79)(H,66,82)(H,67,80)(H,68,83)(H,69,78)(H,70,81)(H,84,85). The number of phenols is 5. The van der Waals surface area contributed by atoms with E-state index in [1.807, 2.05) is 0 Å². The summed E-state index contributed by atoms with van der Waals surface area (Å²) in [5, 5.41) is 106. The normalized spacial score (nSPS) is 22.4. The van der Waals surface area contributed by atoms with Crippen molar-refractivity contribution in [2.24, 2.45) is 11.5 Å². The number of hydrogen-bond donors (Lipinski definition) is 16. The van der Waals surface area contributed by atoms with E-state index in [4.69, 9.17) is 53.6 Å². The second-order valence-corrected chi connectivity index (χ2v) is 21.6. The van der Waals surface area contributed by atoms with Gasteiger partial charge in [-0.25, -0.2) is 4.79 Å². The highest BCUT2D eigenvalue weighted by atomic mass is 35.5. The lowest BCUT2D eigenvalue weighted by Crippen LogP contribution is -2.55. The van der Waals surface area contributed by atoms with Crippen molar-refractivity contribution >= 4 is 64.6 Å². The summed E-state index contributed by atoms with van der Waals surface area (Å²) >= 11 is 13.9. The number of nitrogens with one attached hydrogen (secondary N) is 6. The second-order valence-electron chi connectivity index (χ2n) is 20.8. The number of carbonyl (C=O) groups is 7. The molecule has 29 heteroatoms. The molecule has 458 valence electrons. The largest absolute Gasteiger partial charge is 0.508 e. The number of phenolic OH excluding ortho intramolecular Hbond substituents is 5. The number of hydrogen-bond acceptors (Lipinski definition) is 20. The molecule has 7 aromatic carbocycles. The number of aliphatic hydroxyl groups excluding tert-OH is 2. The summed E-state index contributed by atoms with van der Waals surface area (Å²) in [6.07, 6.45) is -4.18. The van der Waals surface area contributed by atoms with Crippen LogP contribution in [0.15, 0.2) is 115 Å². The molecule has 15 bridgehead atoms. The number of carbonyl (C=O) groups excluding carboxylic acids is 6. The van der Waals surface area contributed by atoms with Crippen LogP contribution in [0.5, 0.6) is 69.0 Å². The second kappa shape index (κ2) is 24.0. The van der Waals surface area contributed by atoms with Gasteiger partial charge in [0, 0.05) is 35.4 Å². The molecule has 0 radical (unpaired) electrons. The number of halogens is 2. The number of aliphatic carboxylic acids is 1. The molecule has 0 aromatic heterocycles. The van der Waals surface area contributed by atoms with Crippen LogP contribution >= 0.6 is 23.2 Å². The van der Waals surface area contributed by atoms with Crippen LogP contribution in [0.1, 0.15) is 81.4 Å². The predicted octanol–water partition coefficient (Wildman–Crippen LogP) is 4.11. The number of nitrogens with two attached hydrogens (primary N) is 2. The third-order valence-corrected chi connectivity index (χ3v) is 15.5. The lowest BCUT2D eigenvalue weighted by molar-refractivity contribution is -0.143. The van der Waals surface area contributed by atoms with Crippen LogP contribution in [-0.2, 0) is 33.6 Å². The number of ether oxygens (including phenoxy) is 4. The van der Waals surface area contributed by atoms with Gasteiger partial charge in [-0.2, -0.15) is 0 Å². The fourth-order valence-electron chi connectivity index (χ4n) is 10.7. The topological polar surface area (TPSA) is 442 Å². The molecular formula is C60H50Cl2N8O19. The number of amides is 6. The summed E-state index contributed by atoms with van der Waals surface area (Å²) in [7, 11) is 0. The van der Waals surface area contributed by atoms with Gasteiger partial charge in [-0.15, -0.1) is 0 Å². The Morgan fingerprint density at radius 3 is 1.63 bits per heavy atom. The number of aliphatic hydroxyl groups is 2. The fraction of sp³-hybridized carbons (Fsp3) is 0.183. The Morgan fingerprint density at radius 1 is 0.494 bits per heavy atom. The highest BCUT2D eigenvalue weighted by Crippen LogP contribution is 2.50. The lowest BCUT2D eigenvalue weighted by atomic mass is 9.87. The van der Waals surface area contributed by atoms with Crippen LogP contribution in [0.2, 0.25) is 10.0 Å². The number of carboxylic acid groups (broad SMARTS) is 1. The average Bonchev–Trinajstić information content (AvgIpc) is 1.81. The molecule has 9 unspecified atom stereocenters. The first-order valence-corrected chi connectivity index (χ1v) is 27.6. The number of rotatable bonds is 4. The molecule has 6 amide bonds. The van der Waals surface area contributed by atoms with Gasteiger partial charge in [-0.1, -0.05) is 53.5 Å². The van der Waals surface area contributed by atoms with E-state index in [2.05, 4.69) is 31.9 Å². The number of aromatic hydroxyl groups is 5. The quantitative estimate of drug-likeness (QED) is 0.118. The van der Waals surface area contributed by atoms with Crippen LogP contribution in [0.3, 0.4) is 0 Å². The Bertz CT molecular complexity index is 4130. The Morgan fingerprint density at radius 2 is 1.02 bits per heavy atom. The summed E-state index contributed by atoms with van der Waals surface area (Å²) in [6, 6.07) is 6.72. The third-order valence-electron chi connectivity index (χ3n) is 14.9. The first kappa shape index (κ1) is 60.2. The van der Waals surface area contributed by atoms with Gasteiger partial charge in [0.05, 0.1) is 10.0 Å². The minimum absolute atomic E-state index is 0.0365. The van der Waals surface area contributed by atoms with Crippen molar-refractivity contribution in [1.82, 2.24) is 31.9 Å². The van der Waals surface area contributed by atoms with Crippen LogP contribution in [0, 0.1) is 0 Å². The first-order valence-electron chi connectivity index (χ1n) is 26.8. The van der Waals surface area contributed by atoms with Gasteiger partial charge in [-0.05, 0) is 106 Å². The van der Waals surface area contributed by atoms with Crippen LogP contribution in [0.25, 0.3) is 11.1 Å². The molecule has 0 aliphatic carbocycles. The molecule has 27 nitrogen and oxygen atoms in total. The monoisotopic (exact) mass is 1260 g/mol. The Kier molecular flexibility index (Phi) is 16.2. The number of carboxylic acids is 1. The lowest BCUT2D eigenvalue weighted by Gasteiger charge is -2.31. The van der Waals surface area contributed by atoms with E-state index in [0.717, 1.165) is 54.6 Å². The van der Waals surface area contributed by atoms with Crippen molar-refractivity contribution in [2.45, 2.75) is 54.5 Å². The van der Waals surface area contributed by atoms with Gasteiger partial charge >= 0.3 is 5.97 Å². The molecule has 89 heavy (non-hydrogen) atoms. The maximum atomic E-state index is 16.0. The van der Waals surface area contributed by atoms with Gasteiger partial charge in [0.15, 0.2) is 29.0 Å². The molecule has 6 heterocycles. The predicted molar refractivity (Wildman–Crippen MR) is 309 cm³/mol. The molecule has 13 rings (SSSR count). The molecule has 0 fully saturated rings. The van der Waals surface area contributed by atoms with Crippen LogP contribution in [-0.4, -0.2) is 107 Å². The van der Waals surface area contributed by atoms with Gasteiger partial charge in [0.2, 0.25) is 41.2 Å². The van der Waals surface area contributed by atoms with Gasteiger partial charge < -0.3 is 103 Å². The van der Waals surface area contributed by atoms with Crippen molar-refractivity contribution < 1.29 is 93.4 Å². The first-order chi connectivity index (χ1) is 42.5. The van der Waals surface area contributed by atoms with Gasteiger partial charge in [0.1, 0.15) is 95.3 Å². The van der Waals surface area contributed by atoms with Crippen molar-refractivity contribution in [3.05, 3.63) is 164 Å². The summed E-state index contributed by atoms with van der Waals surface area (Å²) in [5.74, 6) is -15.2. The smallest absolute Gasteiger partial charge is 0.330 e. The Labute approximate surface area is 511 Å². The SMILES string of the molecule is NCCOc1c2cc3cc1Oc1ccc(cc1Cl)C(O)C1NC(=O)C(NC(=O)C3NC(=O)C3NC(=O)C(NC(=O)C(N)c4ccc(O)c(c4)Oc4cc(O)cc3c4)C(O)c3ccc(c(Cl)c3)O2)c2cccc(O)c2-c2c(O)cc(O)cc2C(C(=O)O)NC1=O. The van der Waals surface area contributed by atoms with Crippen molar-refractivity contribution in [1.29, 1.82) is 0 Å². The van der Waals surface area contributed by atoms with E-state index in [0.29, 0.717) is 0 Å². The fourth-order valence-corrected chi connectivity index (χ4v) is 11.1. The Balaban J connectivity index is 1.19. The molecule has 6 aliphatic heterocycles. The van der Waals surface area contributed by atoms with Crippen molar-refractivity contribution in [3.8, 4) is 80.1 Å². The zero-order valence-electron chi connectivity index (χ0n) is 45.6. The van der Waals surface area contributed by atoms with E-state index >= 15 is 19.2 Å². The minimum Gasteiger partial charge on any atom is -0.508 e. The van der Waals surface area contributed by atoms with Crippen molar-refractivity contribution in [2.75, 3.05) is 13.2 Å². The molecule has 0 saturated heterocycles. The third kappa shape index (κ3) is 11.7. The molecule has 0 saturated carbocycles. The summed E-state index contributed by atoms with van der Waals surface area (Å²) in [6.45, 7) is -0.380. The molecular weight excluding hydrogens is 1210 g/mol. The van der Waals surface area contributed by atoms with E-state index in [9.17, 15) is 55.2 Å². The zero-order chi connectivity index (χ0) is 63.4. The summed E-state index contributed by atoms with van der Waals surface area (Å²) in [4.78, 5) is 104. The minimum atomic E-state index is -2.26. The maximum Gasteiger partial charge on any atom is 0.330 e. The molecule has 18 N–H and O–H groups in total. The average molecular weight is 1260 g/mol. The molecule has 7 aromatic rings. The number of benzene rings is 7. The number of fused-ring (bicyclic) bond motifs is 13. The highest BCUT2D eigenvalue weighted by molar-refractivity contribution is 6.32. The Hall–Kier alpha value is -10.6. The van der Waals surface area contributed by atoms with E-state index in [1.54, 1.807) is 0 Å². The van der Waals surface area contributed by atoms with E-state index in [-0.39, 0.29) is 91.3 Å². The molecule has 6 aliphatic rings. The van der Waals surface area contributed by atoms with Crippen molar-refractivity contribution in [3.63, 3.8) is 0 Å². The maximum absolute atomic E-state index is 16.0. The van der Waals surface area contributed by atoms with Crippen LogP contribution in [0.4, 0.5) is 0 Å². The summed E-state index contributed by atoms with van der Waals surface area (Å²) in [5.41, 5.74) is 9.27.